The summed E-state index contributed by atoms with van der Waals surface area (Å²) in [5, 5.41) is 11.7. The van der Waals surface area contributed by atoms with Crippen molar-refractivity contribution in [2.75, 3.05) is 19.6 Å². The first-order valence-corrected chi connectivity index (χ1v) is 10.2. The maximum atomic E-state index is 12.5. The van der Waals surface area contributed by atoms with Gasteiger partial charge in [-0.05, 0) is 11.5 Å². The normalized spacial score (nSPS) is 11.6. The summed E-state index contributed by atoms with van der Waals surface area (Å²) < 4.78 is 5.07. The summed E-state index contributed by atoms with van der Waals surface area (Å²) in [5.41, 5.74) is 0.729. The van der Waals surface area contributed by atoms with Crippen molar-refractivity contribution in [3.63, 3.8) is 0 Å². The summed E-state index contributed by atoms with van der Waals surface area (Å²) in [7, 11) is 0. The number of rotatable bonds is 12. The summed E-state index contributed by atoms with van der Waals surface area (Å²) in [6.07, 6.45) is 4.15. The van der Waals surface area contributed by atoms with Crippen LogP contribution in [-0.2, 0) is 35.3 Å². The Labute approximate surface area is 196 Å². The highest BCUT2D eigenvalue weighted by atomic mass is 16.5. The highest BCUT2D eigenvalue weighted by molar-refractivity contribution is 6.02. The quantitative estimate of drug-likeness (QED) is 0.179. The van der Waals surface area contributed by atoms with E-state index in [0.717, 1.165) is 5.56 Å². The molecule has 0 aliphatic heterocycles. The number of amides is 5. The van der Waals surface area contributed by atoms with Crippen LogP contribution in [0.5, 0.6) is 0 Å². The monoisotopic (exact) mass is 473 g/mol. The highest BCUT2D eigenvalue weighted by Crippen LogP contribution is 2.00. The fourth-order valence-electron chi connectivity index (χ4n) is 2.45. The molecule has 0 radical (unpaired) electrons. The Balaban J connectivity index is 2.65. The van der Waals surface area contributed by atoms with Crippen LogP contribution in [0.4, 0.5) is 4.79 Å². The van der Waals surface area contributed by atoms with E-state index in [1.165, 1.54) is 13.8 Å². The molecule has 12 heteroatoms. The van der Waals surface area contributed by atoms with Gasteiger partial charge in [-0.1, -0.05) is 30.3 Å². The standard InChI is InChI=1S/C22H27N5O7/c1-4-19(30)17(10-23-14(2)28)26-20(31)12-25-21(32)18(11-24-15(3)29)27-22(33)34-13-16-8-6-5-7-9-16/h1,5-9,17-18H,10-13H2,2-3H3,(H,23,28)(H,24,29)(H,25,32)(H,26,31)(H,27,33). The zero-order valence-corrected chi connectivity index (χ0v) is 18.8. The Kier molecular flexibility index (Phi) is 11.9. The summed E-state index contributed by atoms with van der Waals surface area (Å²) in [6, 6.07) is 6.41. The number of benzene rings is 1. The molecule has 0 spiro atoms. The molecule has 2 unspecified atom stereocenters. The molecule has 0 aliphatic carbocycles. The Hall–Kier alpha value is -4.40. The molecule has 2 atom stereocenters. The second-order valence-corrected chi connectivity index (χ2v) is 6.98. The van der Waals surface area contributed by atoms with Crippen molar-refractivity contribution < 1.29 is 33.5 Å². The second kappa shape index (κ2) is 14.6. The minimum absolute atomic E-state index is 0.0392. The lowest BCUT2D eigenvalue weighted by Gasteiger charge is -2.19. The van der Waals surface area contributed by atoms with Crippen molar-refractivity contribution in [3.8, 4) is 12.3 Å². The number of Topliss-reactive ketones (excluding diaryl/α,β-unsaturated/α-hetero) is 1. The molecule has 1 aromatic carbocycles. The van der Waals surface area contributed by atoms with E-state index in [9.17, 15) is 28.8 Å². The van der Waals surface area contributed by atoms with Crippen LogP contribution in [0, 0.1) is 12.3 Å². The van der Waals surface area contributed by atoms with Gasteiger partial charge >= 0.3 is 6.09 Å². The fourth-order valence-corrected chi connectivity index (χ4v) is 2.45. The van der Waals surface area contributed by atoms with Gasteiger partial charge in [0.15, 0.2) is 0 Å². The van der Waals surface area contributed by atoms with Gasteiger partial charge in [0.25, 0.3) is 0 Å². The van der Waals surface area contributed by atoms with E-state index in [1.807, 2.05) is 5.92 Å². The summed E-state index contributed by atoms with van der Waals surface area (Å²) in [6.45, 7) is 1.37. The number of terminal acetylenes is 1. The molecule has 12 nitrogen and oxygen atoms in total. The maximum absolute atomic E-state index is 12.5. The van der Waals surface area contributed by atoms with Crippen molar-refractivity contribution in [1.82, 2.24) is 26.6 Å². The van der Waals surface area contributed by atoms with Gasteiger partial charge in [0.1, 0.15) is 18.7 Å². The van der Waals surface area contributed by atoms with Gasteiger partial charge in [-0.2, -0.15) is 0 Å². The molecule has 0 fully saturated rings. The number of hydrogen-bond acceptors (Lipinski definition) is 7. The van der Waals surface area contributed by atoms with Crippen LogP contribution in [0.2, 0.25) is 0 Å². The molecule has 0 saturated carbocycles. The van der Waals surface area contributed by atoms with Crippen LogP contribution in [-0.4, -0.2) is 67.2 Å². The SMILES string of the molecule is C#CC(=O)C(CNC(C)=O)NC(=O)CNC(=O)C(CNC(C)=O)NC(=O)OCc1ccccc1. The molecule has 182 valence electrons. The fraction of sp³-hybridized carbons (Fsp3) is 0.364. The number of ketones is 1. The molecule has 0 aromatic heterocycles. The molecular weight excluding hydrogens is 446 g/mol. The van der Waals surface area contributed by atoms with E-state index < -0.39 is 54.1 Å². The number of hydrogen-bond donors (Lipinski definition) is 5. The number of ether oxygens (including phenoxy) is 1. The van der Waals surface area contributed by atoms with E-state index >= 15 is 0 Å². The van der Waals surface area contributed by atoms with Crippen LogP contribution in [0.25, 0.3) is 0 Å². The van der Waals surface area contributed by atoms with Crippen molar-refractivity contribution in [3.05, 3.63) is 35.9 Å². The van der Waals surface area contributed by atoms with E-state index in [1.54, 1.807) is 30.3 Å². The van der Waals surface area contributed by atoms with E-state index in [-0.39, 0.29) is 19.7 Å². The highest BCUT2D eigenvalue weighted by Gasteiger charge is 2.24. The van der Waals surface area contributed by atoms with Gasteiger partial charge in [-0.15, -0.1) is 6.42 Å². The maximum Gasteiger partial charge on any atom is 0.408 e. The Morgan fingerprint density at radius 3 is 2.03 bits per heavy atom. The zero-order chi connectivity index (χ0) is 25.5. The molecule has 1 rings (SSSR count). The molecule has 0 heterocycles. The van der Waals surface area contributed by atoms with Gasteiger partial charge in [0.05, 0.1) is 6.54 Å². The first kappa shape index (κ1) is 27.6. The van der Waals surface area contributed by atoms with Gasteiger partial charge in [-0.3, -0.25) is 24.0 Å². The average Bonchev–Trinajstić information content (AvgIpc) is 2.81. The average molecular weight is 473 g/mol. The number of carbonyl (C=O) groups excluding carboxylic acids is 6. The Morgan fingerprint density at radius 2 is 1.47 bits per heavy atom. The molecule has 34 heavy (non-hydrogen) atoms. The van der Waals surface area contributed by atoms with Crippen molar-refractivity contribution in [1.29, 1.82) is 0 Å². The molecule has 5 amide bonds. The summed E-state index contributed by atoms with van der Waals surface area (Å²) in [4.78, 5) is 70.8. The second-order valence-electron chi connectivity index (χ2n) is 6.98. The lowest BCUT2D eigenvalue weighted by molar-refractivity contribution is -0.128. The molecule has 1 aromatic rings. The Bertz CT molecular complexity index is 943. The van der Waals surface area contributed by atoms with Gasteiger partial charge < -0.3 is 31.3 Å². The van der Waals surface area contributed by atoms with Crippen LogP contribution in [0.3, 0.4) is 0 Å². The Morgan fingerprint density at radius 1 is 0.882 bits per heavy atom. The van der Waals surface area contributed by atoms with Crippen LogP contribution >= 0.6 is 0 Å². The third kappa shape index (κ3) is 11.3. The van der Waals surface area contributed by atoms with Crippen LogP contribution in [0.15, 0.2) is 30.3 Å². The van der Waals surface area contributed by atoms with Crippen molar-refractivity contribution in [2.24, 2.45) is 0 Å². The third-order valence-corrected chi connectivity index (χ3v) is 4.15. The van der Waals surface area contributed by atoms with Crippen molar-refractivity contribution >= 4 is 35.5 Å². The van der Waals surface area contributed by atoms with E-state index in [4.69, 9.17) is 11.2 Å². The minimum Gasteiger partial charge on any atom is -0.445 e. The molecule has 5 N–H and O–H groups in total. The van der Waals surface area contributed by atoms with E-state index in [2.05, 4.69) is 26.6 Å². The number of carbonyl (C=O) groups is 6. The smallest absolute Gasteiger partial charge is 0.408 e. The number of nitrogens with one attached hydrogen (secondary N) is 5. The predicted octanol–water partition coefficient (Wildman–Crippen LogP) is -1.64. The lowest BCUT2D eigenvalue weighted by atomic mass is 10.2. The summed E-state index contributed by atoms with van der Waals surface area (Å²) >= 11 is 0. The largest absolute Gasteiger partial charge is 0.445 e. The van der Waals surface area contributed by atoms with Gasteiger partial charge in [0, 0.05) is 26.9 Å². The number of alkyl carbamates (subject to hydrolysis) is 1. The van der Waals surface area contributed by atoms with Gasteiger partial charge in [0.2, 0.25) is 29.4 Å². The first-order valence-electron chi connectivity index (χ1n) is 10.2. The van der Waals surface area contributed by atoms with E-state index in [0.29, 0.717) is 0 Å². The first-order chi connectivity index (χ1) is 16.1. The topological polar surface area (TPSA) is 172 Å². The molecule has 0 bridgehead atoms. The predicted molar refractivity (Wildman–Crippen MR) is 120 cm³/mol. The minimum atomic E-state index is -1.25. The van der Waals surface area contributed by atoms with Crippen LogP contribution < -0.4 is 26.6 Å². The van der Waals surface area contributed by atoms with Gasteiger partial charge in [-0.25, -0.2) is 4.79 Å². The molecular formula is C22H27N5O7. The molecule has 0 aliphatic rings. The summed E-state index contributed by atoms with van der Waals surface area (Å²) in [5.74, 6) is -1.33. The third-order valence-electron chi connectivity index (χ3n) is 4.15. The zero-order valence-electron chi connectivity index (χ0n) is 18.8. The molecule has 0 saturated heterocycles. The van der Waals surface area contributed by atoms with Crippen LogP contribution in [0.1, 0.15) is 19.4 Å². The van der Waals surface area contributed by atoms with Crippen molar-refractivity contribution in [2.45, 2.75) is 32.5 Å². The lowest BCUT2D eigenvalue weighted by Crippen LogP contribution is -2.55.